The molecule has 52 heavy (non-hydrogen) atoms. The Morgan fingerprint density at radius 2 is 1.12 bits per heavy atom. The monoisotopic (exact) mass is 672 g/mol. The van der Waals surface area contributed by atoms with Crippen LogP contribution in [-0.4, -0.2) is 0 Å². The summed E-state index contributed by atoms with van der Waals surface area (Å²) in [6.45, 7) is 0. The average Bonchev–Trinajstić information content (AvgIpc) is 3.69. The van der Waals surface area contributed by atoms with Crippen molar-refractivity contribution in [2.45, 2.75) is 0 Å². The Balaban J connectivity index is 1.26. The van der Waals surface area contributed by atoms with Gasteiger partial charge in [-0.3, -0.25) is 0 Å². The van der Waals surface area contributed by atoms with Crippen LogP contribution in [0.4, 0.5) is 17.1 Å². The highest BCUT2D eigenvalue weighted by atomic mass is 16.3. The largest absolute Gasteiger partial charge is 0.455 e. The van der Waals surface area contributed by atoms with Crippen LogP contribution in [0.1, 0.15) is 12.3 Å². The summed E-state index contributed by atoms with van der Waals surface area (Å²) in [4.78, 5) is 1.73. The third-order valence-electron chi connectivity index (χ3n) is 9.59. The Morgan fingerprint density at radius 1 is 0.423 bits per heavy atom. The fourth-order valence-electron chi connectivity index (χ4n) is 7.17. The first-order valence-corrected chi connectivity index (χ1v) is 17.0. The van der Waals surface area contributed by atoms with Crippen molar-refractivity contribution in [3.05, 3.63) is 200 Å². The van der Waals surface area contributed by atoms with E-state index >= 15 is 0 Å². The van der Waals surface area contributed by atoms with Crippen molar-refractivity contribution >= 4 is 60.5 Å². The zero-order valence-corrected chi connectivity index (χ0v) is 27.7. The maximum Gasteiger partial charge on any atom is 0.143 e. The number of anilines is 3. The van der Waals surface area contributed by atoms with Crippen molar-refractivity contribution < 1.29 is 16.8 Å². The molecule has 9 aromatic carbocycles. The molecule has 0 aliphatic heterocycles. The van der Waals surface area contributed by atoms with Crippen molar-refractivity contribution in [1.82, 2.24) is 0 Å². The van der Waals surface area contributed by atoms with E-state index in [-0.39, 0.29) is 11.3 Å². The predicted octanol–water partition coefficient (Wildman–Crippen LogP) is 14.4. The molecule has 0 bridgehead atoms. The SMILES string of the molecule is [2H]c1c([2H])c([2H])c(-c2c([2H])c([2H])c(N(c3cccc(-c4ccc5ccccc5c4)c3)c3ccccc3-c3cccc4oc5c6ccccc6ccc5c34)c([2H])c2[2H])c([2H])c1[2H]. The van der Waals surface area contributed by atoms with E-state index in [1.165, 1.54) is 0 Å². The Kier molecular flexibility index (Phi) is 5.28. The Labute approximate surface area is 315 Å². The van der Waals surface area contributed by atoms with Gasteiger partial charge in [0.2, 0.25) is 0 Å². The second-order valence-electron chi connectivity index (χ2n) is 12.6. The number of nitrogens with zero attached hydrogens (tertiary/aromatic N) is 1. The summed E-state index contributed by atoms with van der Waals surface area (Å²) in [6, 6.07) is 42.5. The number of furan rings is 1. The molecule has 244 valence electrons. The van der Waals surface area contributed by atoms with Crippen LogP contribution in [-0.2, 0) is 0 Å². The normalized spacial score (nSPS) is 13.9. The number of hydrogen-bond acceptors (Lipinski definition) is 2. The van der Waals surface area contributed by atoms with E-state index in [0.29, 0.717) is 17.0 Å². The molecule has 0 saturated heterocycles. The molecule has 1 aromatic heterocycles. The van der Waals surface area contributed by atoms with Crippen LogP contribution < -0.4 is 4.90 Å². The van der Waals surface area contributed by atoms with Gasteiger partial charge >= 0.3 is 0 Å². The van der Waals surface area contributed by atoms with Gasteiger partial charge in [0, 0.05) is 33.1 Å². The molecule has 0 amide bonds. The maximum atomic E-state index is 9.62. The molecule has 0 aliphatic rings. The van der Waals surface area contributed by atoms with Crippen LogP contribution in [0.15, 0.2) is 204 Å². The van der Waals surface area contributed by atoms with E-state index in [2.05, 4.69) is 36.4 Å². The summed E-state index contributed by atoms with van der Waals surface area (Å²) in [5.74, 6) is 0. The van der Waals surface area contributed by atoms with Gasteiger partial charge < -0.3 is 9.32 Å². The second-order valence-corrected chi connectivity index (χ2v) is 12.6. The Bertz CT molecular complexity index is 3390. The lowest BCUT2D eigenvalue weighted by atomic mass is 9.95. The highest BCUT2D eigenvalue weighted by Crippen LogP contribution is 2.46. The maximum absolute atomic E-state index is 9.62. The van der Waals surface area contributed by atoms with Crippen LogP contribution in [0, 0.1) is 0 Å². The summed E-state index contributed by atoms with van der Waals surface area (Å²) in [7, 11) is 0. The number of para-hydroxylation sites is 1. The number of fused-ring (bicyclic) bond motifs is 6. The molecule has 10 aromatic rings. The molecule has 0 fully saturated rings. The number of benzene rings is 9. The second kappa shape index (κ2) is 12.5. The number of rotatable bonds is 6. The van der Waals surface area contributed by atoms with Gasteiger partial charge in [-0.1, -0.05) is 151 Å². The van der Waals surface area contributed by atoms with Crippen LogP contribution >= 0.6 is 0 Å². The van der Waals surface area contributed by atoms with Crippen molar-refractivity contribution in [3.63, 3.8) is 0 Å². The van der Waals surface area contributed by atoms with E-state index in [4.69, 9.17) is 11.3 Å². The van der Waals surface area contributed by atoms with Gasteiger partial charge in [0.25, 0.3) is 0 Å². The Morgan fingerprint density at radius 3 is 2.00 bits per heavy atom. The summed E-state index contributed by atoms with van der Waals surface area (Å²) in [5, 5.41) is 5.96. The summed E-state index contributed by atoms with van der Waals surface area (Å²) >= 11 is 0. The van der Waals surface area contributed by atoms with Crippen LogP contribution in [0.25, 0.3) is 76.9 Å². The molecule has 0 radical (unpaired) electrons. The van der Waals surface area contributed by atoms with E-state index in [9.17, 15) is 5.48 Å². The molecule has 0 saturated carbocycles. The number of hydrogen-bond donors (Lipinski definition) is 0. The van der Waals surface area contributed by atoms with Gasteiger partial charge in [-0.15, -0.1) is 0 Å². The molecule has 10 rings (SSSR count). The average molecular weight is 673 g/mol. The zero-order chi connectivity index (χ0) is 42.3. The van der Waals surface area contributed by atoms with E-state index < -0.39 is 59.9 Å². The fourth-order valence-corrected chi connectivity index (χ4v) is 7.17. The minimum Gasteiger partial charge on any atom is -0.455 e. The van der Waals surface area contributed by atoms with Gasteiger partial charge in [-0.2, -0.15) is 0 Å². The Hall–Kier alpha value is -6.90. The van der Waals surface area contributed by atoms with E-state index in [1.807, 2.05) is 109 Å². The highest BCUT2D eigenvalue weighted by molar-refractivity contribution is 6.19. The minimum absolute atomic E-state index is 0.0792. The standard InChI is InChI=1S/C50H33NO/c1-2-12-34(13-3-1)36-26-29-41(30-27-36)51(42-18-10-17-39(33-42)40-25-24-35-14-4-5-16-38(35)32-40)47-22-9-8-20-44(47)45-21-11-23-48-49(45)46-31-28-37-15-6-7-19-43(37)50(46)52-48/h1-33H/i1D,2D,3D,12D,13D,26D,27D,29D,30D. The topological polar surface area (TPSA) is 16.4 Å². The molecule has 0 aliphatic carbocycles. The lowest BCUT2D eigenvalue weighted by Gasteiger charge is -2.28. The van der Waals surface area contributed by atoms with Gasteiger partial charge in [0.15, 0.2) is 0 Å². The van der Waals surface area contributed by atoms with Crippen molar-refractivity contribution in [2.24, 2.45) is 0 Å². The third-order valence-corrected chi connectivity index (χ3v) is 9.59. The van der Waals surface area contributed by atoms with E-state index in [0.717, 1.165) is 60.2 Å². The van der Waals surface area contributed by atoms with Crippen molar-refractivity contribution in [1.29, 1.82) is 0 Å². The van der Waals surface area contributed by atoms with Crippen molar-refractivity contribution in [3.8, 4) is 33.4 Å². The molecule has 2 nitrogen and oxygen atoms in total. The first kappa shape index (κ1) is 22.0. The molecule has 1 heterocycles. The first-order chi connectivity index (χ1) is 29.5. The molecule has 0 spiro atoms. The molecule has 0 atom stereocenters. The molecule has 2 heteroatoms. The molecular weight excluding hydrogens is 631 g/mol. The van der Waals surface area contributed by atoms with Gasteiger partial charge in [0.05, 0.1) is 18.0 Å². The summed E-state index contributed by atoms with van der Waals surface area (Å²) in [6.07, 6.45) is 0. The zero-order valence-electron chi connectivity index (χ0n) is 36.7. The molecule has 0 N–H and O–H groups in total. The van der Waals surface area contributed by atoms with E-state index in [1.54, 1.807) is 4.90 Å². The van der Waals surface area contributed by atoms with Gasteiger partial charge in [0.1, 0.15) is 11.2 Å². The van der Waals surface area contributed by atoms with Crippen LogP contribution in [0.3, 0.4) is 0 Å². The van der Waals surface area contributed by atoms with Gasteiger partial charge in [-0.05, 0) is 92.5 Å². The van der Waals surface area contributed by atoms with Crippen LogP contribution in [0.2, 0.25) is 0 Å². The highest BCUT2D eigenvalue weighted by Gasteiger charge is 2.21. The summed E-state index contributed by atoms with van der Waals surface area (Å²) < 4.78 is 86.6. The minimum atomic E-state index is -0.632. The van der Waals surface area contributed by atoms with Crippen LogP contribution in [0.5, 0.6) is 0 Å². The summed E-state index contributed by atoms with van der Waals surface area (Å²) in [5.41, 5.74) is 5.01. The van der Waals surface area contributed by atoms with Crippen molar-refractivity contribution in [2.75, 3.05) is 4.90 Å². The smallest absolute Gasteiger partial charge is 0.143 e. The quantitative estimate of drug-likeness (QED) is 0.175. The first-order valence-electron chi connectivity index (χ1n) is 21.5. The lowest BCUT2D eigenvalue weighted by molar-refractivity contribution is 0.673. The molecular formula is C50H33NO. The fraction of sp³-hybridized carbons (Fsp3) is 0. The third kappa shape index (κ3) is 5.12. The predicted molar refractivity (Wildman–Crippen MR) is 220 cm³/mol. The van der Waals surface area contributed by atoms with Gasteiger partial charge in [-0.25, -0.2) is 0 Å². The lowest BCUT2D eigenvalue weighted by Crippen LogP contribution is -2.11. The molecule has 0 unspecified atom stereocenters.